The Hall–Kier alpha value is -2.59. The van der Waals surface area contributed by atoms with Gasteiger partial charge in [-0.25, -0.2) is 0 Å². The lowest BCUT2D eigenvalue weighted by Gasteiger charge is -2.32. The summed E-state index contributed by atoms with van der Waals surface area (Å²) >= 11 is 0. The van der Waals surface area contributed by atoms with Crippen molar-refractivity contribution in [1.82, 2.24) is 0 Å². The number of benzene rings is 3. The van der Waals surface area contributed by atoms with E-state index < -0.39 is 17.3 Å². The molecule has 0 atom stereocenters. The molecule has 0 spiro atoms. The quantitative estimate of drug-likeness (QED) is 0.645. The maximum absolute atomic E-state index is 13.3. The van der Waals surface area contributed by atoms with E-state index in [9.17, 15) is 18.3 Å². The number of aryl methyl sites for hydroxylation is 2. The van der Waals surface area contributed by atoms with Gasteiger partial charge in [0.25, 0.3) is 0 Å². The van der Waals surface area contributed by atoms with Crippen molar-refractivity contribution in [3.8, 4) is 0 Å². The summed E-state index contributed by atoms with van der Waals surface area (Å²) in [6, 6.07) is 19.9. The zero-order chi connectivity index (χ0) is 18.4. The first-order valence-corrected chi connectivity index (χ1v) is 8.47. The summed E-state index contributed by atoms with van der Waals surface area (Å²) in [5, 5.41) is 11.8. The standard InChI is InChI=1S/C22H17F3O/c23-22(24,25)18-9-5-8-17(14-18)21(26)19-10-3-1-6-15(19)12-13-16-7-2-4-11-20(16)21/h1-11,14,26H,12-13H2. The van der Waals surface area contributed by atoms with Crippen LogP contribution in [0.25, 0.3) is 0 Å². The second-order valence-electron chi connectivity index (χ2n) is 6.60. The van der Waals surface area contributed by atoms with Crippen LogP contribution in [0.5, 0.6) is 0 Å². The van der Waals surface area contributed by atoms with Crippen molar-refractivity contribution in [2.24, 2.45) is 0 Å². The molecule has 0 radical (unpaired) electrons. The van der Waals surface area contributed by atoms with Gasteiger partial charge in [-0.15, -0.1) is 0 Å². The van der Waals surface area contributed by atoms with Crippen LogP contribution in [-0.2, 0) is 24.6 Å². The van der Waals surface area contributed by atoms with Gasteiger partial charge in [0.1, 0.15) is 5.60 Å². The number of halogens is 3. The summed E-state index contributed by atoms with van der Waals surface area (Å²) in [4.78, 5) is 0. The van der Waals surface area contributed by atoms with Crippen LogP contribution in [0.1, 0.15) is 33.4 Å². The normalized spacial score (nSPS) is 15.7. The highest BCUT2D eigenvalue weighted by Gasteiger charge is 2.40. The Morgan fingerprint density at radius 2 is 1.27 bits per heavy atom. The molecule has 0 saturated carbocycles. The first-order valence-electron chi connectivity index (χ1n) is 8.47. The molecule has 0 aromatic heterocycles. The van der Waals surface area contributed by atoms with E-state index in [2.05, 4.69) is 0 Å². The van der Waals surface area contributed by atoms with Crippen molar-refractivity contribution in [3.05, 3.63) is 106 Å². The van der Waals surface area contributed by atoms with E-state index in [0.29, 0.717) is 11.1 Å². The van der Waals surface area contributed by atoms with Crippen molar-refractivity contribution in [2.75, 3.05) is 0 Å². The monoisotopic (exact) mass is 354 g/mol. The van der Waals surface area contributed by atoms with Crippen molar-refractivity contribution >= 4 is 0 Å². The highest BCUT2D eigenvalue weighted by Crippen LogP contribution is 2.43. The van der Waals surface area contributed by atoms with E-state index in [0.717, 1.165) is 36.1 Å². The molecule has 1 N–H and O–H groups in total. The Bertz CT molecular complexity index is 912. The van der Waals surface area contributed by atoms with Crippen LogP contribution >= 0.6 is 0 Å². The van der Waals surface area contributed by atoms with Gasteiger partial charge in [-0.2, -0.15) is 13.2 Å². The second-order valence-corrected chi connectivity index (χ2v) is 6.60. The lowest BCUT2D eigenvalue weighted by Crippen LogP contribution is -2.30. The van der Waals surface area contributed by atoms with Crippen molar-refractivity contribution in [3.63, 3.8) is 0 Å². The maximum Gasteiger partial charge on any atom is 0.416 e. The van der Waals surface area contributed by atoms with Gasteiger partial charge in [-0.1, -0.05) is 60.7 Å². The third kappa shape index (κ3) is 2.61. The number of aliphatic hydroxyl groups is 1. The molecule has 4 rings (SSSR count). The molecule has 26 heavy (non-hydrogen) atoms. The van der Waals surface area contributed by atoms with E-state index in [1.807, 2.05) is 36.4 Å². The van der Waals surface area contributed by atoms with Crippen LogP contribution in [0, 0.1) is 0 Å². The first kappa shape index (κ1) is 16.9. The van der Waals surface area contributed by atoms with Gasteiger partial charge >= 0.3 is 6.18 Å². The fourth-order valence-corrected chi connectivity index (χ4v) is 3.83. The molecule has 0 saturated heterocycles. The Morgan fingerprint density at radius 1 is 0.731 bits per heavy atom. The lowest BCUT2D eigenvalue weighted by atomic mass is 9.78. The fourth-order valence-electron chi connectivity index (χ4n) is 3.83. The Morgan fingerprint density at radius 3 is 1.81 bits per heavy atom. The van der Waals surface area contributed by atoms with E-state index >= 15 is 0 Å². The van der Waals surface area contributed by atoms with E-state index in [1.54, 1.807) is 18.2 Å². The predicted octanol–water partition coefficient (Wildman–Crippen LogP) is 5.09. The van der Waals surface area contributed by atoms with Crippen molar-refractivity contribution < 1.29 is 18.3 Å². The molecule has 3 aromatic rings. The largest absolute Gasteiger partial charge is 0.416 e. The van der Waals surface area contributed by atoms with Gasteiger partial charge in [0.05, 0.1) is 5.56 Å². The number of rotatable bonds is 1. The average Bonchev–Trinajstić information content (AvgIpc) is 2.78. The van der Waals surface area contributed by atoms with Gasteiger partial charge in [-0.05, 0) is 52.8 Å². The van der Waals surface area contributed by atoms with Gasteiger partial charge in [0.15, 0.2) is 0 Å². The predicted molar refractivity (Wildman–Crippen MR) is 93.8 cm³/mol. The lowest BCUT2D eigenvalue weighted by molar-refractivity contribution is -0.137. The highest BCUT2D eigenvalue weighted by atomic mass is 19.4. The van der Waals surface area contributed by atoms with Crippen LogP contribution in [0.3, 0.4) is 0 Å². The molecule has 132 valence electrons. The summed E-state index contributed by atoms with van der Waals surface area (Å²) in [7, 11) is 0. The number of hydrogen-bond acceptors (Lipinski definition) is 1. The molecular formula is C22H17F3O. The molecular weight excluding hydrogens is 337 g/mol. The van der Waals surface area contributed by atoms with Crippen LogP contribution in [-0.4, -0.2) is 5.11 Å². The van der Waals surface area contributed by atoms with E-state index in [4.69, 9.17) is 0 Å². The smallest absolute Gasteiger partial charge is 0.376 e. The third-order valence-electron chi connectivity index (χ3n) is 5.09. The SMILES string of the molecule is OC1(c2cccc(C(F)(F)F)c2)c2ccccc2CCc2ccccc21. The van der Waals surface area contributed by atoms with Crippen molar-refractivity contribution in [2.45, 2.75) is 24.6 Å². The molecule has 0 bridgehead atoms. The van der Waals surface area contributed by atoms with Crippen LogP contribution < -0.4 is 0 Å². The minimum atomic E-state index is -4.46. The summed E-state index contributed by atoms with van der Waals surface area (Å²) in [6.07, 6.45) is -3.00. The van der Waals surface area contributed by atoms with E-state index in [1.165, 1.54) is 6.07 Å². The third-order valence-corrected chi connectivity index (χ3v) is 5.09. The Kier molecular flexibility index (Phi) is 3.88. The molecule has 0 heterocycles. The molecule has 4 heteroatoms. The number of fused-ring (bicyclic) bond motifs is 2. The minimum absolute atomic E-state index is 0.231. The molecule has 1 aliphatic carbocycles. The van der Waals surface area contributed by atoms with Gasteiger partial charge in [0.2, 0.25) is 0 Å². The first-order chi connectivity index (χ1) is 12.4. The average molecular weight is 354 g/mol. The fraction of sp³-hybridized carbons (Fsp3) is 0.182. The molecule has 0 amide bonds. The van der Waals surface area contributed by atoms with Gasteiger partial charge < -0.3 is 5.11 Å². The summed E-state index contributed by atoms with van der Waals surface area (Å²) in [5.41, 5.74) is 1.03. The molecule has 1 nitrogen and oxygen atoms in total. The second kappa shape index (κ2) is 5.99. The van der Waals surface area contributed by atoms with Gasteiger partial charge in [0, 0.05) is 0 Å². The summed E-state index contributed by atoms with van der Waals surface area (Å²) < 4.78 is 39.8. The highest BCUT2D eigenvalue weighted by molar-refractivity contribution is 5.55. The molecule has 0 unspecified atom stereocenters. The molecule has 0 fully saturated rings. The topological polar surface area (TPSA) is 20.2 Å². The van der Waals surface area contributed by atoms with Crippen molar-refractivity contribution in [1.29, 1.82) is 0 Å². The number of alkyl halides is 3. The Labute approximate surface area is 149 Å². The minimum Gasteiger partial charge on any atom is -0.376 e. The molecule has 3 aromatic carbocycles. The molecule has 0 aliphatic heterocycles. The van der Waals surface area contributed by atoms with Crippen LogP contribution in [0.15, 0.2) is 72.8 Å². The van der Waals surface area contributed by atoms with Crippen LogP contribution in [0.4, 0.5) is 13.2 Å². The summed E-state index contributed by atoms with van der Waals surface area (Å²) in [6.45, 7) is 0. The maximum atomic E-state index is 13.3. The van der Waals surface area contributed by atoms with E-state index in [-0.39, 0.29) is 5.56 Å². The zero-order valence-corrected chi connectivity index (χ0v) is 13.9. The van der Waals surface area contributed by atoms with Gasteiger partial charge in [-0.3, -0.25) is 0 Å². The Balaban J connectivity index is 2.03. The molecule has 1 aliphatic rings. The number of hydrogen-bond donors (Lipinski definition) is 1. The summed E-state index contributed by atoms with van der Waals surface area (Å²) in [5.74, 6) is 0. The van der Waals surface area contributed by atoms with Crippen LogP contribution in [0.2, 0.25) is 0 Å². The zero-order valence-electron chi connectivity index (χ0n) is 13.9.